The van der Waals surface area contributed by atoms with Crippen molar-refractivity contribution in [3.8, 4) is 0 Å². The van der Waals surface area contributed by atoms with Gasteiger partial charge in [-0.25, -0.2) is 10.8 Å². The Kier molecular flexibility index (Phi) is 4.03. The fourth-order valence-corrected chi connectivity index (χ4v) is 1.93. The number of benzene rings is 1. The summed E-state index contributed by atoms with van der Waals surface area (Å²) in [5, 5.41) is 2.18. The van der Waals surface area contributed by atoms with Gasteiger partial charge in [-0.15, -0.1) is 13.2 Å². The van der Waals surface area contributed by atoms with Crippen LogP contribution < -0.4 is 10.9 Å². The van der Waals surface area contributed by atoms with Gasteiger partial charge in [0, 0.05) is 6.20 Å². The van der Waals surface area contributed by atoms with Crippen molar-refractivity contribution in [2.75, 3.05) is 5.01 Å². The van der Waals surface area contributed by atoms with Crippen LogP contribution in [0.1, 0.15) is 0 Å². The molecule has 4 heteroatoms. The highest BCUT2D eigenvalue weighted by atomic mass is 32.1. The number of hydrogen-bond acceptors (Lipinski definition) is 4. The summed E-state index contributed by atoms with van der Waals surface area (Å²) in [4.78, 5) is 4.33. The molecule has 0 amide bonds. The van der Waals surface area contributed by atoms with Crippen LogP contribution in [0.4, 0.5) is 5.13 Å². The molecule has 0 aliphatic carbocycles. The minimum Gasteiger partial charge on any atom is -0.262 e. The quantitative estimate of drug-likeness (QED) is 0.479. The van der Waals surface area contributed by atoms with Gasteiger partial charge in [0.2, 0.25) is 5.13 Å². The van der Waals surface area contributed by atoms with Gasteiger partial charge in [0.1, 0.15) is 0 Å². The number of rotatable bonds is 2. The van der Waals surface area contributed by atoms with Crippen LogP contribution in [0.3, 0.4) is 0 Å². The number of hydrazine groups is 1. The first kappa shape index (κ1) is 11.4. The summed E-state index contributed by atoms with van der Waals surface area (Å²) in [5.41, 5.74) is 0.972. The van der Waals surface area contributed by atoms with Gasteiger partial charge in [-0.2, -0.15) is 0 Å². The van der Waals surface area contributed by atoms with Crippen LogP contribution in [-0.2, 0) is 0 Å². The molecule has 0 spiro atoms. The highest BCUT2D eigenvalue weighted by Gasteiger charge is 2.04. The molecule has 0 radical (unpaired) electrons. The number of nitrogens with zero attached hydrogens (tertiary/aromatic N) is 2. The van der Waals surface area contributed by atoms with E-state index in [0.717, 1.165) is 15.3 Å². The largest absolute Gasteiger partial charge is 0.262 e. The Morgan fingerprint density at radius 3 is 2.60 bits per heavy atom. The van der Waals surface area contributed by atoms with Crippen molar-refractivity contribution in [3.05, 3.63) is 50.2 Å². The molecule has 0 saturated heterocycles. The third-order valence-electron chi connectivity index (χ3n) is 1.70. The van der Waals surface area contributed by atoms with Gasteiger partial charge in [0.25, 0.3) is 0 Å². The molecule has 0 aliphatic rings. The SMILES string of the molecule is C=C.C=CN(N)c1nc2ccccc2s1. The molecule has 2 N–H and O–H groups in total. The molecule has 15 heavy (non-hydrogen) atoms. The van der Waals surface area contributed by atoms with Crippen molar-refractivity contribution in [1.29, 1.82) is 0 Å². The predicted octanol–water partition coefficient (Wildman–Crippen LogP) is 2.92. The zero-order valence-corrected chi connectivity index (χ0v) is 9.20. The van der Waals surface area contributed by atoms with Crippen molar-refractivity contribution >= 4 is 26.7 Å². The Morgan fingerprint density at radius 2 is 2.00 bits per heavy atom. The second-order valence-electron chi connectivity index (χ2n) is 2.55. The number of fused-ring (bicyclic) bond motifs is 1. The third-order valence-corrected chi connectivity index (χ3v) is 2.75. The van der Waals surface area contributed by atoms with Gasteiger partial charge < -0.3 is 0 Å². The lowest BCUT2D eigenvalue weighted by Crippen LogP contribution is -2.23. The fourth-order valence-electron chi connectivity index (χ4n) is 1.05. The second kappa shape index (κ2) is 5.29. The number of nitrogens with two attached hydrogens (primary N) is 1. The van der Waals surface area contributed by atoms with E-state index >= 15 is 0 Å². The van der Waals surface area contributed by atoms with E-state index in [-0.39, 0.29) is 0 Å². The lowest BCUT2D eigenvalue weighted by Gasteiger charge is -2.05. The standard InChI is InChI=1S/C9H9N3S.C2H4/c1-2-12(10)9-11-7-5-3-4-6-8(7)13-9;1-2/h2-6H,1,10H2;1-2H2. The van der Waals surface area contributed by atoms with Gasteiger partial charge >= 0.3 is 0 Å². The Morgan fingerprint density at radius 1 is 1.33 bits per heavy atom. The van der Waals surface area contributed by atoms with Gasteiger partial charge in [0.15, 0.2) is 0 Å². The maximum absolute atomic E-state index is 5.62. The molecule has 0 bridgehead atoms. The number of aromatic nitrogens is 1. The lowest BCUT2D eigenvalue weighted by molar-refractivity contribution is 1.07. The topological polar surface area (TPSA) is 42.1 Å². The van der Waals surface area contributed by atoms with E-state index in [4.69, 9.17) is 5.84 Å². The maximum atomic E-state index is 5.62. The first-order chi connectivity index (χ1) is 7.31. The van der Waals surface area contributed by atoms with Gasteiger partial charge in [-0.05, 0) is 12.1 Å². The maximum Gasteiger partial charge on any atom is 0.204 e. The summed E-state index contributed by atoms with van der Waals surface area (Å²) >= 11 is 1.55. The molecule has 1 aromatic heterocycles. The van der Waals surface area contributed by atoms with Crippen LogP contribution >= 0.6 is 11.3 Å². The number of thiazole rings is 1. The van der Waals surface area contributed by atoms with Crippen molar-refractivity contribution in [3.63, 3.8) is 0 Å². The predicted molar refractivity (Wildman–Crippen MR) is 67.7 cm³/mol. The van der Waals surface area contributed by atoms with Gasteiger partial charge in [0.05, 0.1) is 10.2 Å². The van der Waals surface area contributed by atoms with Crippen LogP contribution in [0.15, 0.2) is 50.2 Å². The van der Waals surface area contributed by atoms with Crippen LogP contribution in [0.5, 0.6) is 0 Å². The Bertz CT molecular complexity index is 417. The normalized spacial score (nSPS) is 9.13. The molecule has 1 heterocycles. The van der Waals surface area contributed by atoms with Gasteiger partial charge in [-0.3, -0.25) is 5.01 Å². The smallest absolute Gasteiger partial charge is 0.204 e. The molecule has 0 aliphatic heterocycles. The molecule has 0 saturated carbocycles. The summed E-state index contributed by atoms with van der Waals surface area (Å²) < 4.78 is 1.13. The molecule has 0 fully saturated rings. The van der Waals surface area contributed by atoms with Crippen molar-refractivity contribution in [2.45, 2.75) is 0 Å². The highest BCUT2D eigenvalue weighted by Crippen LogP contribution is 2.26. The Balaban J connectivity index is 0.000000531. The van der Waals surface area contributed by atoms with Crippen LogP contribution in [0, 0.1) is 0 Å². The summed E-state index contributed by atoms with van der Waals surface area (Å²) in [7, 11) is 0. The molecule has 2 aromatic rings. The zero-order chi connectivity index (χ0) is 11.3. The van der Waals surface area contributed by atoms with E-state index in [0.29, 0.717) is 0 Å². The van der Waals surface area contributed by atoms with Crippen molar-refractivity contribution in [2.24, 2.45) is 5.84 Å². The summed E-state index contributed by atoms with van der Waals surface area (Å²) in [6.07, 6.45) is 1.54. The summed E-state index contributed by atoms with van der Waals surface area (Å²) in [6.45, 7) is 9.57. The molecule has 0 unspecified atom stereocenters. The van der Waals surface area contributed by atoms with Crippen LogP contribution in [0.25, 0.3) is 10.2 Å². The highest BCUT2D eigenvalue weighted by molar-refractivity contribution is 7.22. The third kappa shape index (κ3) is 2.43. The lowest BCUT2D eigenvalue weighted by atomic mass is 10.3. The molecule has 3 nitrogen and oxygen atoms in total. The Labute approximate surface area is 93.1 Å². The van der Waals surface area contributed by atoms with Crippen molar-refractivity contribution in [1.82, 2.24) is 4.98 Å². The molecule has 0 atom stereocenters. The first-order valence-electron chi connectivity index (χ1n) is 4.33. The molecule has 2 rings (SSSR count). The molecular formula is C11H13N3S. The van der Waals surface area contributed by atoms with E-state index < -0.39 is 0 Å². The monoisotopic (exact) mass is 219 g/mol. The fraction of sp³-hybridized carbons (Fsp3) is 0. The Hall–Kier alpha value is -1.65. The molecule has 78 valence electrons. The second-order valence-corrected chi connectivity index (χ2v) is 3.56. The van der Waals surface area contributed by atoms with E-state index in [1.54, 1.807) is 11.3 Å². The van der Waals surface area contributed by atoms with Crippen LogP contribution in [-0.4, -0.2) is 4.98 Å². The number of hydrogen-bond donors (Lipinski definition) is 1. The van der Waals surface area contributed by atoms with Crippen molar-refractivity contribution < 1.29 is 0 Å². The van der Waals surface area contributed by atoms with Crippen LogP contribution in [0.2, 0.25) is 0 Å². The number of para-hydroxylation sites is 1. The average Bonchev–Trinajstić information content (AvgIpc) is 2.74. The summed E-state index contributed by atoms with van der Waals surface area (Å²) in [5.74, 6) is 5.62. The molecule has 1 aromatic carbocycles. The first-order valence-corrected chi connectivity index (χ1v) is 5.15. The van der Waals surface area contributed by atoms with E-state index in [2.05, 4.69) is 24.7 Å². The van der Waals surface area contributed by atoms with E-state index in [1.165, 1.54) is 11.2 Å². The summed E-state index contributed by atoms with van der Waals surface area (Å²) in [6, 6.07) is 7.93. The zero-order valence-electron chi connectivity index (χ0n) is 8.39. The van der Waals surface area contributed by atoms with Gasteiger partial charge in [-0.1, -0.05) is 30.0 Å². The van der Waals surface area contributed by atoms with E-state index in [1.807, 2.05) is 24.3 Å². The number of anilines is 1. The average molecular weight is 219 g/mol. The molecular weight excluding hydrogens is 206 g/mol. The minimum atomic E-state index is 0.760. The minimum absolute atomic E-state index is 0.760. The van der Waals surface area contributed by atoms with E-state index in [9.17, 15) is 0 Å².